The van der Waals surface area contributed by atoms with Gasteiger partial charge in [-0.2, -0.15) is 0 Å². The van der Waals surface area contributed by atoms with Gasteiger partial charge < -0.3 is 10.2 Å². The zero-order valence-corrected chi connectivity index (χ0v) is 14.2. The monoisotopic (exact) mass is 288 g/mol. The third-order valence-electron chi connectivity index (χ3n) is 5.60. The van der Waals surface area contributed by atoms with Crippen molar-refractivity contribution in [2.24, 2.45) is 11.3 Å². The molecule has 2 rings (SSSR count). The number of likely N-dealkylation sites (tertiary alicyclic amines) is 1. The van der Waals surface area contributed by atoms with E-state index < -0.39 is 0 Å². The zero-order valence-electron chi connectivity index (χ0n) is 14.2. The van der Waals surface area contributed by atoms with Gasteiger partial charge in [-0.05, 0) is 49.8 Å². The zero-order chi connectivity index (χ0) is 15.3. The van der Waals surface area contributed by atoms with Crippen molar-refractivity contribution in [1.29, 1.82) is 0 Å². The summed E-state index contributed by atoms with van der Waals surface area (Å²) in [4.78, 5) is 2.69. The van der Waals surface area contributed by atoms with Crippen LogP contribution >= 0.6 is 0 Å². The Hall–Kier alpha value is -0.860. The molecule has 1 aliphatic rings. The van der Waals surface area contributed by atoms with Gasteiger partial charge in [0.15, 0.2) is 0 Å². The topological polar surface area (TPSA) is 15.3 Å². The normalized spacial score (nSPS) is 21.3. The molecular formula is C19H32N2. The summed E-state index contributed by atoms with van der Waals surface area (Å²) in [6, 6.07) is 11.3. The van der Waals surface area contributed by atoms with E-state index >= 15 is 0 Å². The van der Waals surface area contributed by atoms with E-state index in [4.69, 9.17) is 0 Å². The van der Waals surface area contributed by atoms with E-state index in [-0.39, 0.29) is 0 Å². The number of hydrogen-bond acceptors (Lipinski definition) is 2. The van der Waals surface area contributed by atoms with E-state index in [0.717, 1.165) is 0 Å². The lowest BCUT2D eigenvalue weighted by Crippen LogP contribution is -2.35. The van der Waals surface area contributed by atoms with Gasteiger partial charge in [0.05, 0.1) is 0 Å². The van der Waals surface area contributed by atoms with Crippen molar-refractivity contribution in [1.82, 2.24) is 10.2 Å². The molecule has 2 heteroatoms. The molecule has 0 bridgehead atoms. The summed E-state index contributed by atoms with van der Waals surface area (Å²) in [6.45, 7) is 10.9. The molecule has 1 heterocycles. The van der Waals surface area contributed by atoms with Crippen molar-refractivity contribution in [2.45, 2.75) is 46.1 Å². The molecule has 1 aliphatic heterocycles. The Balaban J connectivity index is 1.96. The molecule has 0 aliphatic carbocycles. The van der Waals surface area contributed by atoms with Crippen molar-refractivity contribution in [3.8, 4) is 0 Å². The van der Waals surface area contributed by atoms with Crippen LogP contribution in [-0.2, 0) is 0 Å². The highest BCUT2D eigenvalue weighted by Crippen LogP contribution is 2.37. The lowest BCUT2D eigenvalue weighted by Gasteiger charge is -2.30. The summed E-state index contributed by atoms with van der Waals surface area (Å²) in [5, 5.41) is 3.51. The van der Waals surface area contributed by atoms with Crippen LogP contribution in [0.3, 0.4) is 0 Å². The fourth-order valence-corrected chi connectivity index (χ4v) is 3.96. The van der Waals surface area contributed by atoms with Gasteiger partial charge in [-0.3, -0.25) is 0 Å². The van der Waals surface area contributed by atoms with Gasteiger partial charge >= 0.3 is 0 Å². The van der Waals surface area contributed by atoms with Gasteiger partial charge in [0, 0.05) is 19.1 Å². The van der Waals surface area contributed by atoms with Gasteiger partial charge in [0.1, 0.15) is 0 Å². The minimum atomic E-state index is 0.449. The summed E-state index contributed by atoms with van der Waals surface area (Å²) in [6.07, 6.45) is 4.02. The number of nitrogens with zero attached hydrogens (tertiary/aromatic N) is 1. The van der Waals surface area contributed by atoms with Gasteiger partial charge in [-0.25, -0.2) is 0 Å². The van der Waals surface area contributed by atoms with E-state index in [1.165, 1.54) is 44.5 Å². The fraction of sp³-hybridized carbons (Fsp3) is 0.684. The Morgan fingerprint density at radius 1 is 1.19 bits per heavy atom. The van der Waals surface area contributed by atoms with Gasteiger partial charge in [0.25, 0.3) is 0 Å². The number of nitrogens with one attached hydrogen (secondary N) is 1. The second-order valence-corrected chi connectivity index (χ2v) is 6.85. The van der Waals surface area contributed by atoms with Gasteiger partial charge in [-0.1, -0.05) is 51.1 Å². The Kier molecular flexibility index (Phi) is 5.83. The summed E-state index contributed by atoms with van der Waals surface area (Å²) in [5.74, 6) is 0.627. The second-order valence-electron chi connectivity index (χ2n) is 6.85. The minimum Gasteiger partial charge on any atom is -0.313 e. The first kappa shape index (κ1) is 16.5. The van der Waals surface area contributed by atoms with Crippen LogP contribution in [0.2, 0.25) is 0 Å². The third kappa shape index (κ3) is 3.87. The highest BCUT2D eigenvalue weighted by Gasteiger charge is 2.35. The quantitative estimate of drug-likeness (QED) is 0.813. The molecule has 1 N–H and O–H groups in total. The minimum absolute atomic E-state index is 0.449. The van der Waals surface area contributed by atoms with Crippen LogP contribution in [0, 0.1) is 11.3 Å². The lowest BCUT2D eigenvalue weighted by atomic mass is 9.82. The molecule has 0 amide bonds. The second kappa shape index (κ2) is 7.42. The first-order valence-corrected chi connectivity index (χ1v) is 8.58. The van der Waals surface area contributed by atoms with E-state index in [2.05, 4.69) is 68.4 Å². The number of rotatable bonds is 7. The molecule has 0 aromatic heterocycles. The van der Waals surface area contributed by atoms with E-state index in [9.17, 15) is 0 Å². The first-order valence-electron chi connectivity index (χ1n) is 8.58. The summed E-state index contributed by atoms with van der Waals surface area (Å²) >= 11 is 0. The number of hydrogen-bond donors (Lipinski definition) is 1. The molecule has 1 aromatic carbocycles. The van der Waals surface area contributed by atoms with Crippen molar-refractivity contribution in [3.05, 3.63) is 35.9 Å². The molecule has 0 radical (unpaired) electrons. The van der Waals surface area contributed by atoms with Crippen molar-refractivity contribution in [2.75, 3.05) is 26.7 Å². The maximum absolute atomic E-state index is 3.51. The summed E-state index contributed by atoms with van der Waals surface area (Å²) < 4.78 is 0. The standard InChI is InChI=1S/C19H32N2/c1-5-19(6-2)12-13-21(15-19)14-16(3)18(20-4)17-10-8-7-9-11-17/h7-11,16,18,20H,5-6,12-15H2,1-4H3. The molecular weight excluding hydrogens is 256 g/mol. The third-order valence-corrected chi connectivity index (χ3v) is 5.60. The molecule has 118 valence electrons. The van der Waals surface area contributed by atoms with Crippen LogP contribution in [0.4, 0.5) is 0 Å². The van der Waals surface area contributed by atoms with Crippen LogP contribution in [0.15, 0.2) is 30.3 Å². The Morgan fingerprint density at radius 2 is 1.86 bits per heavy atom. The predicted molar refractivity (Wildman–Crippen MR) is 91.5 cm³/mol. The average molecular weight is 288 g/mol. The van der Waals surface area contributed by atoms with Crippen molar-refractivity contribution < 1.29 is 0 Å². The molecule has 1 fully saturated rings. The van der Waals surface area contributed by atoms with Gasteiger partial charge in [0.2, 0.25) is 0 Å². The summed E-state index contributed by atoms with van der Waals surface area (Å²) in [7, 11) is 2.08. The smallest absolute Gasteiger partial charge is 0.0355 e. The molecule has 2 atom stereocenters. The largest absolute Gasteiger partial charge is 0.313 e. The van der Waals surface area contributed by atoms with Crippen molar-refractivity contribution >= 4 is 0 Å². The average Bonchev–Trinajstić information content (AvgIpc) is 2.93. The van der Waals surface area contributed by atoms with E-state index in [1.807, 2.05) is 0 Å². The Bertz CT molecular complexity index is 411. The maximum Gasteiger partial charge on any atom is 0.0355 e. The van der Waals surface area contributed by atoms with Crippen LogP contribution in [-0.4, -0.2) is 31.6 Å². The molecule has 21 heavy (non-hydrogen) atoms. The van der Waals surface area contributed by atoms with Crippen LogP contribution < -0.4 is 5.32 Å². The SMILES string of the molecule is CCC1(CC)CCN(CC(C)C(NC)c2ccccc2)C1. The van der Waals surface area contributed by atoms with E-state index in [1.54, 1.807) is 0 Å². The first-order chi connectivity index (χ1) is 10.1. The van der Waals surface area contributed by atoms with Crippen LogP contribution in [0.1, 0.15) is 51.6 Å². The van der Waals surface area contributed by atoms with E-state index in [0.29, 0.717) is 17.4 Å². The van der Waals surface area contributed by atoms with Crippen LogP contribution in [0.25, 0.3) is 0 Å². The fourth-order valence-electron chi connectivity index (χ4n) is 3.96. The highest BCUT2D eigenvalue weighted by molar-refractivity contribution is 5.19. The number of benzene rings is 1. The maximum atomic E-state index is 3.51. The molecule has 2 unspecified atom stereocenters. The lowest BCUT2D eigenvalue weighted by molar-refractivity contribution is 0.207. The molecule has 0 spiro atoms. The highest BCUT2D eigenvalue weighted by atomic mass is 15.2. The Morgan fingerprint density at radius 3 is 2.38 bits per heavy atom. The molecule has 1 aromatic rings. The molecule has 1 saturated heterocycles. The molecule has 2 nitrogen and oxygen atoms in total. The van der Waals surface area contributed by atoms with Gasteiger partial charge in [-0.15, -0.1) is 0 Å². The molecule has 0 saturated carbocycles. The predicted octanol–water partition coefficient (Wildman–Crippen LogP) is 4.10. The van der Waals surface area contributed by atoms with Crippen molar-refractivity contribution in [3.63, 3.8) is 0 Å². The summed E-state index contributed by atoms with van der Waals surface area (Å²) in [5.41, 5.74) is 1.99. The van der Waals surface area contributed by atoms with Crippen LogP contribution in [0.5, 0.6) is 0 Å². The Labute approximate surface area is 130 Å².